The molecular weight excluding hydrogens is 282 g/mol. The van der Waals surface area contributed by atoms with Crippen molar-refractivity contribution < 1.29 is 4.42 Å². The average Bonchev–Trinajstić information content (AvgIpc) is 2.88. The van der Waals surface area contributed by atoms with Gasteiger partial charge in [-0.25, -0.2) is 0 Å². The molecule has 0 unspecified atom stereocenters. The Kier molecular flexibility index (Phi) is 3.93. The van der Waals surface area contributed by atoms with Crippen molar-refractivity contribution in [3.63, 3.8) is 0 Å². The minimum atomic E-state index is 0.121. The lowest BCUT2D eigenvalue weighted by molar-refractivity contribution is 0.585. The van der Waals surface area contributed by atoms with Crippen molar-refractivity contribution in [1.82, 2.24) is 0 Å². The minimum Gasteiger partial charge on any atom is -0.462 e. The molecule has 0 saturated heterocycles. The number of anilines is 2. The predicted octanol–water partition coefficient (Wildman–Crippen LogP) is 6.34. The first-order valence-corrected chi connectivity index (χ1v) is 8.27. The zero-order valence-electron chi connectivity index (χ0n) is 14.7. The third-order valence-electron chi connectivity index (χ3n) is 4.37. The molecule has 0 aliphatic heterocycles. The molecule has 0 atom stereocenters. The summed E-state index contributed by atoms with van der Waals surface area (Å²) in [5, 5.41) is 4.62. The monoisotopic (exact) mass is 307 g/mol. The van der Waals surface area contributed by atoms with Gasteiger partial charge in [0.25, 0.3) is 0 Å². The lowest BCUT2D eigenvalue weighted by atomic mass is 9.83. The highest BCUT2D eigenvalue weighted by Gasteiger charge is 2.19. The summed E-state index contributed by atoms with van der Waals surface area (Å²) in [7, 11) is 0. The van der Waals surface area contributed by atoms with E-state index in [1.165, 1.54) is 16.7 Å². The van der Waals surface area contributed by atoms with Crippen LogP contribution in [0.25, 0.3) is 11.0 Å². The van der Waals surface area contributed by atoms with Crippen molar-refractivity contribution in [3.8, 4) is 0 Å². The van der Waals surface area contributed by atoms with Crippen LogP contribution >= 0.6 is 0 Å². The fraction of sp³-hybridized carbons (Fsp3) is 0.333. The largest absolute Gasteiger partial charge is 0.462 e. The summed E-state index contributed by atoms with van der Waals surface area (Å²) in [6.07, 6.45) is 2.87. The second-order valence-corrected chi connectivity index (χ2v) is 7.24. The van der Waals surface area contributed by atoms with Crippen molar-refractivity contribution in [2.24, 2.45) is 0 Å². The lowest BCUT2D eigenvalue weighted by Crippen LogP contribution is -2.12. The van der Waals surface area contributed by atoms with Crippen LogP contribution in [0.5, 0.6) is 0 Å². The molecule has 23 heavy (non-hydrogen) atoms. The topological polar surface area (TPSA) is 25.2 Å². The fourth-order valence-corrected chi connectivity index (χ4v) is 3.06. The summed E-state index contributed by atoms with van der Waals surface area (Å²) in [4.78, 5) is 0. The first kappa shape index (κ1) is 15.7. The molecule has 0 saturated carbocycles. The molecule has 1 heterocycles. The zero-order chi connectivity index (χ0) is 16.6. The maximum absolute atomic E-state index is 5.75. The SMILES string of the molecule is CCc1ccc(Nc2coc3cc(C)c(C(C)(C)C)cc23)cc1. The summed E-state index contributed by atoms with van der Waals surface area (Å²) in [5.41, 5.74) is 7.14. The quantitative estimate of drug-likeness (QED) is 0.610. The van der Waals surface area contributed by atoms with Crippen LogP contribution in [0.15, 0.2) is 47.1 Å². The highest BCUT2D eigenvalue weighted by molar-refractivity contribution is 5.93. The van der Waals surface area contributed by atoms with Gasteiger partial charge in [0.05, 0.1) is 5.69 Å². The third-order valence-corrected chi connectivity index (χ3v) is 4.37. The van der Waals surface area contributed by atoms with Crippen LogP contribution in [0, 0.1) is 6.92 Å². The van der Waals surface area contributed by atoms with Gasteiger partial charge in [0.1, 0.15) is 11.8 Å². The first-order valence-electron chi connectivity index (χ1n) is 8.27. The summed E-state index contributed by atoms with van der Waals surface area (Å²) < 4.78 is 5.75. The highest BCUT2D eigenvalue weighted by atomic mass is 16.3. The van der Waals surface area contributed by atoms with Crippen LogP contribution in [0.3, 0.4) is 0 Å². The third kappa shape index (κ3) is 3.12. The Bertz CT molecular complexity index is 819. The number of aryl methyl sites for hydroxylation is 2. The number of furan rings is 1. The standard InChI is InChI=1S/C21H25NO/c1-6-15-7-9-16(10-8-15)22-19-13-23-20-11-14(2)18(12-17(19)20)21(3,4)5/h7-13,22H,6H2,1-5H3. The number of rotatable bonds is 3. The average molecular weight is 307 g/mol. The molecule has 120 valence electrons. The Labute approximate surface area is 138 Å². The van der Waals surface area contributed by atoms with Gasteiger partial charge in [-0.05, 0) is 59.7 Å². The van der Waals surface area contributed by atoms with Gasteiger partial charge < -0.3 is 9.73 Å². The molecule has 0 radical (unpaired) electrons. The van der Waals surface area contributed by atoms with E-state index in [1.807, 2.05) is 6.26 Å². The van der Waals surface area contributed by atoms with Gasteiger partial charge >= 0.3 is 0 Å². The molecule has 0 bridgehead atoms. The van der Waals surface area contributed by atoms with Gasteiger partial charge in [-0.2, -0.15) is 0 Å². The lowest BCUT2D eigenvalue weighted by Gasteiger charge is -2.21. The molecule has 0 aliphatic carbocycles. The molecule has 0 spiro atoms. The van der Waals surface area contributed by atoms with Gasteiger partial charge in [0.15, 0.2) is 0 Å². The minimum absolute atomic E-state index is 0.121. The second-order valence-electron chi connectivity index (χ2n) is 7.24. The molecule has 0 aliphatic rings. The number of fused-ring (bicyclic) bond motifs is 1. The summed E-state index contributed by atoms with van der Waals surface area (Å²) in [5.74, 6) is 0. The summed E-state index contributed by atoms with van der Waals surface area (Å²) in [6.45, 7) is 11.1. The Morgan fingerprint density at radius 3 is 2.35 bits per heavy atom. The van der Waals surface area contributed by atoms with Gasteiger partial charge in [0, 0.05) is 11.1 Å². The normalized spacial score (nSPS) is 11.9. The van der Waals surface area contributed by atoms with Crippen LogP contribution < -0.4 is 5.32 Å². The van der Waals surface area contributed by atoms with Gasteiger partial charge in [-0.3, -0.25) is 0 Å². The molecular formula is C21H25NO. The summed E-state index contributed by atoms with van der Waals surface area (Å²) >= 11 is 0. The molecule has 0 amide bonds. The van der Waals surface area contributed by atoms with Crippen LogP contribution in [-0.4, -0.2) is 0 Å². The van der Waals surface area contributed by atoms with E-state index in [9.17, 15) is 0 Å². The number of hydrogen-bond acceptors (Lipinski definition) is 2. The number of nitrogens with one attached hydrogen (secondary N) is 1. The predicted molar refractivity (Wildman–Crippen MR) is 98.8 cm³/mol. The molecule has 1 aromatic heterocycles. The van der Waals surface area contributed by atoms with Crippen molar-refractivity contribution >= 4 is 22.3 Å². The molecule has 2 aromatic carbocycles. The second kappa shape index (κ2) is 5.77. The van der Waals surface area contributed by atoms with Gasteiger partial charge in [-0.1, -0.05) is 39.8 Å². The molecule has 2 nitrogen and oxygen atoms in total. The fourth-order valence-electron chi connectivity index (χ4n) is 3.06. The van der Waals surface area contributed by atoms with Gasteiger partial charge in [-0.15, -0.1) is 0 Å². The molecule has 3 aromatic rings. The Hall–Kier alpha value is -2.22. The van der Waals surface area contributed by atoms with Crippen molar-refractivity contribution in [1.29, 1.82) is 0 Å². The van der Waals surface area contributed by atoms with Crippen LogP contribution in [0.4, 0.5) is 11.4 Å². The van der Waals surface area contributed by atoms with Crippen molar-refractivity contribution in [2.75, 3.05) is 5.32 Å². The van der Waals surface area contributed by atoms with Crippen molar-refractivity contribution in [2.45, 2.75) is 46.5 Å². The van der Waals surface area contributed by atoms with Gasteiger partial charge in [0.2, 0.25) is 0 Å². The first-order chi connectivity index (χ1) is 10.9. The van der Waals surface area contributed by atoms with E-state index in [0.29, 0.717) is 0 Å². The maximum Gasteiger partial charge on any atom is 0.136 e. The number of hydrogen-bond donors (Lipinski definition) is 1. The van der Waals surface area contributed by atoms with E-state index in [2.05, 4.69) is 76.3 Å². The Morgan fingerprint density at radius 2 is 1.74 bits per heavy atom. The van der Waals surface area contributed by atoms with E-state index in [1.54, 1.807) is 0 Å². The van der Waals surface area contributed by atoms with Crippen LogP contribution in [-0.2, 0) is 11.8 Å². The van der Waals surface area contributed by atoms with E-state index in [4.69, 9.17) is 4.42 Å². The smallest absolute Gasteiger partial charge is 0.136 e. The zero-order valence-corrected chi connectivity index (χ0v) is 14.7. The Morgan fingerprint density at radius 1 is 1.04 bits per heavy atom. The van der Waals surface area contributed by atoms with E-state index in [-0.39, 0.29) is 5.41 Å². The Balaban J connectivity index is 2.00. The molecule has 2 heteroatoms. The van der Waals surface area contributed by atoms with E-state index < -0.39 is 0 Å². The van der Waals surface area contributed by atoms with E-state index in [0.717, 1.165) is 28.8 Å². The van der Waals surface area contributed by atoms with Crippen LogP contribution in [0.1, 0.15) is 44.4 Å². The van der Waals surface area contributed by atoms with Crippen molar-refractivity contribution in [3.05, 3.63) is 59.4 Å². The maximum atomic E-state index is 5.75. The number of benzene rings is 2. The molecule has 1 N–H and O–H groups in total. The van der Waals surface area contributed by atoms with Crippen LogP contribution in [0.2, 0.25) is 0 Å². The molecule has 3 rings (SSSR count). The molecule has 0 fully saturated rings. The van der Waals surface area contributed by atoms with E-state index >= 15 is 0 Å². The summed E-state index contributed by atoms with van der Waals surface area (Å²) in [6, 6.07) is 13.0. The highest BCUT2D eigenvalue weighted by Crippen LogP contribution is 2.35.